The molecular formula is C4H3NO3S. The van der Waals surface area contributed by atoms with E-state index in [0.717, 1.165) is 5.37 Å². The van der Waals surface area contributed by atoms with E-state index < -0.39 is 10.3 Å². The molecule has 0 aliphatic heterocycles. The Kier molecular flexibility index (Phi) is 1.64. The number of hydrogen-bond acceptors (Lipinski definition) is 4. The Morgan fingerprint density at radius 3 is 2.89 bits per heavy atom. The highest BCUT2D eigenvalue weighted by Gasteiger charge is 1.87. The Morgan fingerprint density at radius 1 is 1.67 bits per heavy atom. The van der Waals surface area contributed by atoms with E-state index in [-0.39, 0.29) is 0 Å². The van der Waals surface area contributed by atoms with Crippen molar-refractivity contribution < 1.29 is 12.8 Å². The molecule has 0 fully saturated rings. The van der Waals surface area contributed by atoms with Gasteiger partial charge < -0.3 is 4.42 Å². The maximum atomic E-state index is 9.93. The second-order valence-corrected chi connectivity index (χ2v) is 2.05. The second-order valence-electron chi connectivity index (χ2n) is 1.29. The SMILES string of the molecule is O=S(=O)=Cc1cocn1. The summed E-state index contributed by atoms with van der Waals surface area (Å²) in [7, 11) is -2.19. The summed E-state index contributed by atoms with van der Waals surface area (Å²) in [4.78, 5) is 3.54. The van der Waals surface area contributed by atoms with E-state index in [1.807, 2.05) is 0 Å². The number of aromatic nitrogens is 1. The van der Waals surface area contributed by atoms with Crippen molar-refractivity contribution in [3.63, 3.8) is 0 Å². The lowest BCUT2D eigenvalue weighted by atomic mass is 10.6. The Balaban J connectivity index is 3.07. The second kappa shape index (κ2) is 2.45. The van der Waals surface area contributed by atoms with Crippen molar-refractivity contribution in [2.45, 2.75) is 0 Å². The van der Waals surface area contributed by atoms with E-state index in [4.69, 9.17) is 0 Å². The maximum absolute atomic E-state index is 9.93. The molecule has 9 heavy (non-hydrogen) atoms. The van der Waals surface area contributed by atoms with Gasteiger partial charge in [0.25, 0.3) is 0 Å². The Labute approximate surface area is 52.7 Å². The molecule has 0 aromatic carbocycles. The number of rotatable bonds is 1. The van der Waals surface area contributed by atoms with Crippen LogP contribution in [0.4, 0.5) is 0 Å². The van der Waals surface area contributed by atoms with Crippen LogP contribution in [0.25, 0.3) is 0 Å². The fraction of sp³-hybridized carbons (Fsp3) is 0. The molecule has 0 aliphatic rings. The van der Waals surface area contributed by atoms with Crippen molar-refractivity contribution >= 4 is 15.7 Å². The van der Waals surface area contributed by atoms with E-state index in [0.29, 0.717) is 5.69 Å². The fourth-order valence-electron chi connectivity index (χ4n) is 0.379. The van der Waals surface area contributed by atoms with Gasteiger partial charge in [0, 0.05) is 0 Å². The van der Waals surface area contributed by atoms with Gasteiger partial charge in [-0.2, -0.15) is 8.42 Å². The number of nitrogens with zero attached hydrogens (tertiary/aromatic N) is 1. The molecule has 0 saturated carbocycles. The highest BCUT2D eigenvalue weighted by Crippen LogP contribution is 1.86. The molecule has 0 bridgehead atoms. The Morgan fingerprint density at radius 2 is 2.44 bits per heavy atom. The number of hydrogen-bond donors (Lipinski definition) is 0. The maximum Gasteiger partial charge on any atom is 0.216 e. The molecule has 4 nitrogen and oxygen atoms in total. The molecule has 0 N–H and O–H groups in total. The van der Waals surface area contributed by atoms with Crippen LogP contribution < -0.4 is 0 Å². The molecule has 0 unspecified atom stereocenters. The van der Waals surface area contributed by atoms with Crippen molar-refractivity contribution in [3.8, 4) is 0 Å². The van der Waals surface area contributed by atoms with Crippen molar-refractivity contribution in [1.29, 1.82) is 0 Å². The molecule has 0 spiro atoms. The summed E-state index contributed by atoms with van der Waals surface area (Å²) in [5.74, 6) is 0. The zero-order chi connectivity index (χ0) is 6.69. The van der Waals surface area contributed by atoms with E-state index >= 15 is 0 Å². The van der Waals surface area contributed by atoms with Crippen LogP contribution >= 0.6 is 0 Å². The van der Waals surface area contributed by atoms with Gasteiger partial charge in [-0.25, -0.2) is 4.98 Å². The van der Waals surface area contributed by atoms with Gasteiger partial charge in [-0.05, 0) is 0 Å². The van der Waals surface area contributed by atoms with Crippen molar-refractivity contribution in [1.82, 2.24) is 4.98 Å². The molecule has 0 amide bonds. The van der Waals surface area contributed by atoms with E-state index in [1.54, 1.807) is 0 Å². The summed E-state index contributed by atoms with van der Waals surface area (Å²) in [6.07, 6.45) is 2.41. The fourth-order valence-corrected chi connectivity index (χ4v) is 0.692. The first-order valence-corrected chi connectivity index (χ1v) is 3.24. The molecule has 1 heterocycles. The third kappa shape index (κ3) is 1.69. The minimum Gasteiger partial charge on any atom is -0.451 e. The van der Waals surface area contributed by atoms with Crippen LogP contribution in [0, 0.1) is 0 Å². The van der Waals surface area contributed by atoms with Gasteiger partial charge in [-0.15, -0.1) is 0 Å². The molecule has 5 heteroatoms. The molecule has 0 radical (unpaired) electrons. The standard InChI is InChI=1S/C4H3NO3S/c6-9(7)2-4-1-8-3-5-4/h1-3H. The molecule has 1 rings (SSSR count). The monoisotopic (exact) mass is 145 g/mol. The predicted molar refractivity (Wildman–Crippen MR) is 30.6 cm³/mol. The van der Waals surface area contributed by atoms with Crippen LogP contribution in [0.5, 0.6) is 0 Å². The minimum absolute atomic E-state index is 0.309. The van der Waals surface area contributed by atoms with E-state index in [9.17, 15) is 8.42 Å². The van der Waals surface area contributed by atoms with Gasteiger partial charge in [0.05, 0.1) is 5.37 Å². The molecule has 0 atom stereocenters. The predicted octanol–water partition coefficient (Wildman–Crippen LogP) is -0.296. The third-order valence-electron chi connectivity index (χ3n) is 0.668. The first-order chi connectivity index (χ1) is 4.29. The lowest BCUT2D eigenvalue weighted by Gasteiger charge is -1.66. The summed E-state index contributed by atoms with van der Waals surface area (Å²) < 4.78 is 24.4. The first kappa shape index (κ1) is 6.03. The van der Waals surface area contributed by atoms with Crippen molar-refractivity contribution in [3.05, 3.63) is 18.4 Å². The molecule has 0 aliphatic carbocycles. The number of oxazole rings is 1. The molecule has 0 saturated heterocycles. The minimum atomic E-state index is -2.19. The van der Waals surface area contributed by atoms with Gasteiger partial charge in [-0.3, -0.25) is 0 Å². The van der Waals surface area contributed by atoms with E-state index in [1.165, 1.54) is 12.7 Å². The lowest BCUT2D eigenvalue weighted by Crippen LogP contribution is -1.78. The van der Waals surface area contributed by atoms with Gasteiger partial charge in [0.2, 0.25) is 10.3 Å². The largest absolute Gasteiger partial charge is 0.451 e. The molecule has 1 aromatic rings. The average Bonchev–Trinajstić information content (AvgIpc) is 2.15. The van der Waals surface area contributed by atoms with E-state index in [2.05, 4.69) is 9.40 Å². The van der Waals surface area contributed by atoms with Crippen LogP contribution in [0.3, 0.4) is 0 Å². The van der Waals surface area contributed by atoms with Crippen LogP contribution in [-0.2, 0) is 10.3 Å². The van der Waals surface area contributed by atoms with Gasteiger partial charge >= 0.3 is 0 Å². The third-order valence-corrected chi connectivity index (χ3v) is 1.10. The highest BCUT2D eigenvalue weighted by molar-refractivity contribution is 7.71. The topological polar surface area (TPSA) is 60.2 Å². The van der Waals surface area contributed by atoms with Crippen LogP contribution in [0.1, 0.15) is 5.69 Å². The van der Waals surface area contributed by atoms with Gasteiger partial charge in [0.15, 0.2) is 6.39 Å². The lowest BCUT2D eigenvalue weighted by molar-refractivity contribution is 0.557. The van der Waals surface area contributed by atoms with Crippen molar-refractivity contribution in [2.24, 2.45) is 0 Å². The van der Waals surface area contributed by atoms with Crippen LogP contribution in [0.2, 0.25) is 0 Å². The van der Waals surface area contributed by atoms with Gasteiger partial charge in [-0.1, -0.05) is 0 Å². The molecule has 1 aromatic heterocycles. The Bertz CT molecular complexity index is 289. The summed E-state index contributed by atoms with van der Waals surface area (Å²) in [5, 5.41) is 0.962. The smallest absolute Gasteiger partial charge is 0.216 e. The highest BCUT2D eigenvalue weighted by atomic mass is 32.2. The summed E-state index contributed by atoms with van der Waals surface area (Å²) >= 11 is 0. The van der Waals surface area contributed by atoms with Crippen LogP contribution in [0.15, 0.2) is 17.1 Å². The zero-order valence-corrected chi connectivity index (χ0v) is 5.13. The summed E-state index contributed by atoms with van der Waals surface area (Å²) in [6.45, 7) is 0. The summed E-state index contributed by atoms with van der Waals surface area (Å²) in [5.41, 5.74) is 0.309. The normalized spacial score (nSPS) is 8.89. The molecular weight excluding hydrogens is 142 g/mol. The Hall–Kier alpha value is -1.10. The summed E-state index contributed by atoms with van der Waals surface area (Å²) in [6, 6.07) is 0. The van der Waals surface area contributed by atoms with Crippen molar-refractivity contribution in [2.75, 3.05) is 0 Å². The quantitative estimate of drug-likeness (QED) is 0.509. The average molecular weight is 145 g/mol. The zero-order valence-electron chi connectivity index (χ0n) is 4.31. The first-order valence-electron chi connectivity index (χ1n) is 2.10. The molecule has 48 valence electrons. The van der Waals surface area contributed by atoms with Gasteiger partial charge in [0.1, 0.15) is 12.0 Å². The van der Waals surface area contributed by atoms with Crippen LogP contribution in [-0.4, -0.2) is 18.8 Å².